The summed E-state index contributed by atoms with van der Waals surface area (Å²) in [6.07, 6.45) is 5.72. The Bertz CT molecular complexity index is 1610. The molecule has 1 atom stereocenters. The predicted molar refractivity (Wildman–Crippen MR) is 154 cm³/mol. The molecule has 41 heavy (non-hydrogen) atoms. The van der Waals surface area contributed by atoms with Gasteiger partial charge in [0.2, 0.25) is 11.8 Å². The first kappa shape index (κ1) is 27.5. The van der Waals surface area contributed by atoms with Gasteiger partial charge in [0.1, 0.15) is 6.04 Å². The lowest BCUT2D eigenvalue weighted by molar-refractivity contribution is -0.135. The summed E-state index contributed by atoms with van der Waals surface area (Å²) in [6, 6.07) is 19.3. The van der Waals surface area contributed by atoms with Crippen molar-refractivity contribution >= 4 is 46.3 Å². The number of carbonyl (C=O) groups excluding carboxylic acids is 2. The largest absolute Gasteiger partial charge is 0.478 e. The quantitative estimate of drug-likeness (QED) is 0.319. The Morgan fingerprint density at radius 3 is 2.61 bits per heavy atom. The molecule has 0 aromatic heterocycles. The van der Waals surface area contributed by atoms with Crippen molar-refractivity contribution in [1.82, 2.24) is 15.9 Å². The number of nitrogens with zero attached hydrogens (tertiary/aromatic N) is 3. The monoisotopic (exact) mass is 568 g/mol. The number of anilines is 2. The summed E-state index contributed by atoms with van der Waals surface area (Å²) < 4.78 is 0. The topological polar surface area (TPSA) is 138 Å². The number of benzene rings is 3. The maximum Gasteiger partial charge on any atom is 0.335 e. The molecule has 0 unspecified atom stereocenters. The molecule has 0 spiro atoms. The third kappa shape index (κ3) is 6.22. The van der Waals surface area contributed by atoms with Gasteiger partial charge in [-0.2, -0.15) is 5.26 Å². The van der Waals surface area contributed by atoms with Crippen LogP contribution in [0.15, 0.2) is 85.2 Å². The number of carbonyl (C=O) groups is 3. The molecule has 4 N–H and O–H groups in total. The molecule has 0 saturated carbocycles. The van der Waals surface area contributed by atoms with Gasteiger partial charge in [-0.3, -0.25) is 14.6 Å². The fourth-order valence-corrected chi connectivity index (χ4v) is 4.98. The SMILES string of the molecule is N#Cc1cccc(C[C@@H](C(=O)Nc2ccc(C(=O)O)cc2)N2CCC(c3cc(Cl)ccc3N3C=CNN3)=CC2=O)c1. The molecule has 3 aromatic rings. The van der Waals surface area contributed by atoms with Gasteiger partial charge in [-0.05, 0) is 72.2 Å². The highest BCUT2D eigenvalue weighted by Crippen LogP contribution is 2.34. The maximum atomic E-state index is 13.6. The summed E-state index contributed by atoms with van der Waals surface area (Å²) >= 11 is 6.32. The molecule has 0 fully saturated rings. The number of hydrogen-bond acceptors (Lipinski definition) is 7. The van der Waals surface area contributed by atoms with Gasteiger partial charge >= 0.3 is 5.97 Å². The van der Waals surface area contributed by atoms with Gasteiger partial charge in [-0.15, -0.1) is 5.53 Å². The Morgan fingerprint density at radius 2 is 1.93 bits per heavy atom. The van der Waals surface area contributed by atoms with Crippen molar-refractivity contribution in [3.63, 3.8) is 0 Å². The standard InChI is InChI=1S/C30H25ClN6O4/c31-23-6-9-26(37-13-11-33-35-37)25(17-23)22-10-12-36(28(38)16-22)27(15-19-2-1-3-20(14-19)18-32)29(39)34-24-7-4-21(5-8-24)30(40)41/h1-9,11,13-14,16-17,27,33,35H,10,12,15H2,(H,34,39)(H,40,41)/t27-/m0/s1. The third-order valence-corrected chi connectivity index (χ3v) is 7.06. The highest BCUT2D eigenvalue weighted by atomic mass is 35.5. The molecular formula is C30H25ClN6O4. The minimum absolute atomic E-state index is 0.0903. The number of amides is 2. The van der Waals surface area contributed by atoms with Crippen LogP contribution >= 0.6 is 11.6 Å². The lowest BCUT2D eigenvalue weighted by Crippen LogP contribution is -2.49. The van der Waals surface area contributed by atoms with Crippen molar-refractivity contribution < 1.29 is 19.5 Å². The molecule has 206 valence electrons. The second kappa shape index (κ2) is 12.0. The third-order valence-electron chi connectivity index (χ3n) is 6.82. The van der Waals surface area contributed by atoms with E-state index in [1.165, 1.54) is 35.2 Å². The molecule has 11 heteroatoms. The smallest absolute Gasteiger partial charge is 0.335 e. The summed E-state index contributed by atoms with van der Waals surface area (Å²) in [6.45, 7) is 0.270. The number of carboxylic acids is 1. The van der Waals surface area contributed by atoms with E-state index in [2.05, 4.69) is 22.3 Å². The Morgan fingerprint density at radius 1 is 1.12 bits per heavy atom. The first-order valence-corrected chi connectivity index (χ1v) is 13.1. The summed E-state index contributed by atoms with van der Waals surface area (Å²) in [5, 5.41) is 23.6. The number of hydrogen-bond donors (Lipinski definition) is 4. The zero-order valence-electron chi connectivity index (χ0n) is 21.7. The summed E-state index contributed by atoms with van der Waals surface area (Å²) in [7, 11) is 0. The number of carboxylic acid groups (broad SMARTS) is 1. The van der Waals surface area contributed by atoms with Crippen LogP contribution in [0.5, 0.6) is 0 Å². The lowest BCUT2D eigenvalue weighted by atomic mass is 9.94. The molecular weight excluding hydrogens is 544 g/mol. The van der Waals surface area contributed by atoms with Crippen LogP contribution in [0.2, 0.25) is 5.02 Å². The fourth-order valence-electron chi connectivity index (χ4n) is 4.81. The normalized spacial score (nSPS) is 15.1. The first-order chi connectivity index (χ1) is 19.8. The lowest BCUT2D eigenvalue weighted by Gasteiger charge is -2.34. The zero-order valence-corrected chi connectivity index (χ0v) is 22.4. The van der Waals surface area contributed by atoms with Gasteiger partial charge in [0.15, 0.2) is 0 Å². The summed E-state index contributed by atoms with van der Waals surface area (Å²) in [4.78, 5) is 39.9. The van der Waals surface area contributed by atoms with Gasteiger partial charge in [-0.25, -0.2) is 4.79 Å². The van der Waals surface area contributed by atoms with E-state index in [1.807, 2.05) is 12.3 Å². The summed E-state index contributed by atoms with van der Waals surface area (Å²) in [5.74, 6) is -1.84. The van der Waals surface area contributed by atoms with Crippen LogP contribution in [-0.2, 0) is 16.0 Å². The number of nitriles is 1. The summed E-state index contributed by atoms with van der Waals surface area (Å²) in [5.41, 5.74) is 9.92. The van der Waals surface area contributed by atoms with E-state index in [9.17, 15) is 19.6 Å². The minimum atomic E-state index is -1.07. The average molecular weight is 569 g/mol. The van der Waals surface area contributed by atoms with Crippen molar-refractivity contribution in [1.29, 1.82) is 5.26 Å². The highest BCUT2D eigenvalue weighted by molar-refractivity contribution is 6.31. The van der Waals surface area contributed by atoms with Crippen LogP contribution in [-0.4, -0.2) is 40.4 Å². The van der Waals surface area contributed by atoms with E-state index in [1.54, 1.807) is 47.6 Å². The number of nitrogens with one attached hydrogen (secondary N) is 3. The molecule has 2 amide bonds. The van der Waals surface area contributed by atoms with Crippen molar-refractivity contribution in [2.45, 2.75) is 18.9 Å². The van der Waals surface area contributed by atoms with Crippen molar-refractivity contribution in [2.24, 2.45) is 0 Å². The van der Waals surface area contributed by atoms with Crippen LogP contribution in [0.4, 0.5) is 11.4 Å². The second-order valence-electron chi connectivity index (χ2n) is 9.46. The van der Waals surface area contributed by atoms with E-state index in [0.717, 1.165) is 22.4 Å². The predicted octanol–water partition coefficient (Wildman–Crippen LogP) is 4.08. The number of aromatic carboxylic acids is 1. The van der Waals surface area contributed by atoms with Gasteiger partial charge in [0.25, 0.3) is 0 Å². The Hall–Kier alpha value is -5.11. The van der Waals surface area contributed by atoms with E-state index >= 15 is 0 Å². The molecule has 0 bridgehead atoms. The molecule has 0 aliphatic carbocycles. The molecule has 10 nitrogen and oxygen atoms in total. The van der Waals surface area contributed by atoms with Gasteiger partial charge < -0.3 is 20.7 Å². The van der Waals surface area contributed by atoms with Crippen molar-refractivity contribution in [3.8, 4) is 6.07 Å². The van der Waals surface area contributed by atoms with Crippen LogP contribution in [0.1, 0.15) is 33.5 Å². The van der Waals surface area contributed by atoms with Crippen LogP contribution in [0.25, 0.3) is 5.57 Å². The Balaban J connectivity index is 1.44. The van der Waals surface area contributed by atoms with E-state index in [4.69, 9.17) is 16.7 Å². The molecule has 3 aromatic carbocycles. The maximum absolute atomic E-state index is 13.6. The number of hydrazine groups is 2. The van der Waals surface area contributed by atoms with E-state index < -0.39 is 17.9 Å². The zero-order chi connectivity index (χ0) is 28.9. The molecule has 0 saturated heterocycles. The number of rotatable bonds is 8. The Kier molecular flexibility index (Phi) is 8.01. The molecule has 2 aliphatic heterocycles. The van der Waals surface area contributed by atoms with Crippen LogP contribution in [0.3, 0.4) is 0 Å². The average Bonchev–Trinajstić information content (AvgIpc) is 3.51. The van der Waals surface area contributed by atoms with Crippen molar-refractivity contribution in [3.05, 3.63) is 112 Å². The Labute approximate surface area is 241 Å². The fraction of sp³-hybridized carbons (Fsp3) is 0.133. The van der Waals surface area contributed by atoms with Gasteiger partial charge in [0.05, 0.1) is 22.9 Å². The van der Waals surface area contributed by atoms with Crippen LogP contribution in [0, 0.1) is 11.3 Å². The van der Waals surface area contributed by atoms with Gasteiger partial charge in [0, 0.05) is 47.7 Å². The molecule has 2 aliphatic rings. The second-order valence-corrected chi connectivity index (χ2v) is 9.89. The van der Waals surface area contributed by atoms with Crippen molar-refractivity contribution in [2.75, 3.05) is 16.9 Å². The molecule has 5 rings (SSSR count). The highest BCUT2D eigenvalue weighted by Gasteiger charge is 2.33. The van der Waals surface area contributed by atoms with E-state index in [0.29, 0.717) is 22.7 Å². The van der Waals surface area contributed by atoms with Gasteiger partial charge in [-0.1, -0.05) is 23.7 Å². The van der Waals surface area contributed by atoms with E-state index in [-0.39, 0.29) is 24.4 Å². The molecule has 2 heterocycles. The first-order valence-electron chi connectivity index (χ1n) is 12.7. The minimum Gasteiger partial charge on any atom is -0.478 e. The number of halogens is 1. The van der Waals surface area contributed by atoms with Crippen LogP contribution < -0.4 is 21.3 Å². The molecule has 0 radical (unpaired) electrons.